The maximum absolute atomic E-state index is 15.2. The van der Waals surface area contributed by atoms with E-state index in [2.05, 4.69) is 21.9 Å². The van der Waals surface area contributed by atoms with Crippen molar-refractivity contribution in [3.63, 3.8) is 0 Å². The Hall–Kier alpha value is -2.77. The molecule has 0 saturated carbocycles. The molecule has 5 rings (SSSR count). The fraction of sp³-hybridized carbons (Fsp3) is 0.375. The first-order valence-electron chi connectivity index (χ1n) is 10.9. The number of pyridine rings is 1. The van der Waals surface area contributed by atoms with E-state index in [1.54, 1.807) is 9.08 Å². The van der Waals surface area contributed by atoms with Crippen molar-refractivity contribution in [2.75, 3.05) is 19.6 Å². The number of rotatable bonds is 3. The third-order valence-corrected chi connectivity index (χ3v) is 6.41. The van der Waals surface area contributed by atoms with Crippen LogP contribution < -0.4 is 5.56 Å². The molecular weight excluding hydrogens is 429 g/mol. The Morgan fingerprint density at radius 3 is 2.62 bits per heavy atom. The summed E-state index contributed by atoms with van der Waals surface area (Å²) in [5, 5.41) is 5.36. The lowest BCUT2D eigenvalue weighted by Crippen LogP contribution is -2.37. The lowest BCUT2D eigenvalue weighted by molar-refractivity contribution is 0.193. The van der Waals surface area contributed by atoms with Crippen LogP contribution in [0, 0.1) is 19.7 Å². The number of benzene rings is 1. The first kappa shape index (κ1) is 22.4. The lowest BCUT2D eigenvalue weighted by atomic mass is 10.0. The normalized spacial score (nSPS) is 15.4. The van der Waals surface area contributed by atoms with Gasteiger partial charge >= 0.3 is 0 Å². The Balaban J connectivity index is 0.00000245. The number of nitrogens with zero attached hydrogens (tertiary/aromatic N) is 5. The van der Waals surface area contributed by atoms with E-state index >= 15 is 4.39 Å². The average Bonchev–Trinajstić information content (AvgIpc) is 3.14. The molecule has 1 aliphatic heterocycles. The molecule has 1 fully saturated rings. The second kappa shape index (κ2) is 8.64. The third-order valence-electron chi connectivity index (χ3n) is 6.41. The monoisotopic (exact) mass is 455 g/mol. The number of aromatic nitrogens is 4. The number of hydrogen-bond acceptors (Lipinski definition) is 4. The van der Waals surface area contributed by atoms with E-state index in [0.717, 1.165) is 49.4 Å². The van der Waals surface area contributed by atoms with Crippen molar-refractivity contribution in [3.05, 3.63) is 64.1 Å². The second-order valence-electron chi connectivity index (χ2n) is 8.48. The highest BCUT2D eigenvalue weighted by Crippen LogP contribution is 2.27. The molecule has 0 radical (unpaired) electrons. The fourth-order valence-corrected chi connectivity index (χ4v) is 4.68. The van der Waals surface area contributed by atoms with E-state index in [9.17, 15) is 4.79 Å². The van der Waals surface area contributed by atoms with E-state index in [1.165, 1.54) is 6.07 Å². The summed E-state index contributed by atoms with van der Waals surface area (Å²) in [7, 11) is 0. The van der Waals surface area contributed by atoms with Crippen LogP contribution in [0.4, 0.5) is 4.39 Å². The van der Waals surface area contributed by atoms with Gasteiger partial charge in [0, 0.05) is 30.9 Å². The molecule has 4 heterocycles. The minimum atomic E-state index is -0.501. The molecule has 168 valence electrons. The van der Waals surface area contributed by atoms with Crippen LogP contribution in [0.5, 0.6) is 0 Å². The van der Waals surface area contributed by atoms with Crippen molar-refractivity contribution >= 4 is 28.8 Å². The first-order chi connectivity index (χ1) is 14.9. The summed E-state index contributed by atoms with van der Waals surface area (Å²) < 4.78 is 18.7. The van der Waals surface area contributed by atoms with Crippen LogP contribution in [0.2, 0.25) is 0 Å². The summed E-state index contributed by atoms with van der Waals surface area (Å²) in [5.41, 5.74) is 3.69. The summed E-state index contributed by atoms with van der Waals surface area (Å²) in [5.74, 6) is -0.501. The topological polar surface area (TPSA) is 55.4 Å². The molecule has 0 aliphatic carbocycles. The Bertz CT molecular complexity index is 1350. The van der Waals surface area contributed by atoms with Crippen molar-refractivity contribution < 1.29 is 4.39 Å². The van der Waals surface area contributed by atoms with Gasteiger partial charge in [-0.1, -0.05) is 6.92 Å². The maximum Gasteiger partial charge on any atom is 0.261 e. The Morgan fingerprint density at radius 2 is 1.91 bits per heavy atom. The van der Waals surface area contributed by atoms with Crippen molar-refractivity contribution in [3.8, 4) is 11.3 Å². The number of fused-ring (bicyclic) bond motifs is 2. The number of halogens is 2. The minimum absolute atomic E-state index is 0. The van der Waals surface area contributed by atoms with Crippen LogP contribution in [-0.4, -0.2) is 43.7 Å². The standard InChI is InChI=1S/C24H26FN5O.ClH/c1-4-28-8-6-19(7-9-28)29-10-5-17-12-18(13-20(25)22(17)24(29)31)21-11-15(2)23-26-16(3)14-30(23)27-21;/h5,10-14,19H,4,6-9H2,1-3H3;1H. The number of likely N-dealkylation sites (tertiary alicyclic amines) is 1. The summed E-state index contributed by atoms with van der Waals surface area (Å²) in [6, 6.07) is 7.15. The van der Waals surface area contributed by atoms with Gasteiger partial charge in [0.25, 0.3) is 5.56 Å². The van der Waals surface area contributed by atoms with Gasteiger partial charge in [-0.15, -0.1) is 12.4 Å². The molecule has 3 aromatic heterocycles. The van der Waals surface area contributed by atoms with Crippen LogP contribution in [0.3, 0.4) is 0 Å². The SMILES string of the molecule is CCN1CCC(n2ccc3cc(-c4cc(C)c5nc(C)cn5n4)cc(F)c3c2=O)CC1.Cl. The summed E-state index contributed by atoms with van der Waals surface area (Å²) in [4.78, 5) is 20.0. The molecule has 1 saturated heterocycles. The number of piperidine rings is 1. The smallest absolute Gasteiger partial charge is 0.261 e. The molecule has 0 amide bonds. The second-order valence-corrected chi connectivity index (χ2v) is 8.48. The molecule has 0 bridgehead atoms. The number of imidazole rings is 1. The molecule has 0 spiro atoms. The minimum Gasteiger partial charge on any atom is -0.312 e. The molecule has 8 heteroatoms. The van der Waals surface area contributed by atoms with Crippen molar-refractivity contribution in [2.45, 2.75) is 39.7 Å². The van der Waals surface area contributed by atoms with Crippen LogP contribution >= 0.6 is 12.4 Å². The maximum atomic E-state index is 15.2. The molecule has 6 nitrogen and oxygen atoms in total. The summed E-state index contributed by atoms with van der Waals surface area (Å²) in [6.07, 6.45) is 5.49. The van der Waals surface area contributed by atoms with Gasteiger partial charge in [0.05, 0.1) is 23.0 Å². The molecule has 0 atom stereocenters. The average molecular weight is 456 g/mol. The molecule has 1 aliphatic rings. The van der Waals surface area contributed by atoms with Gasteiger partial charge in [0.2, 0.25) is 0 Å². The highest BCUT2D eigenvalue weighted by Gasteiger charge is 2.22. The van der Waals surface area contributed by atoms with Gasteiger partial charge in [0.15, 0.2) is 5.65 Å². The Labute approximate surface area is 192 Å². The Kier molecular flexibility index (Phi) is 6.05. The fourth-order valence-electron chi connectivity index (χ4n) is 4.68. The van der Waals surface area contributed by atoms with E-state index in [0.29, 0.717) is 16.6 Å². The molecule has 0 N–H and O–H groups in total. The zero-order valence-electron chi connectivity index (χ0n) is 18.5. The van der Waals surface area contributed by atoms with Crippen molar-refractivity contribution in [1.82, 2.24) is 24.1 Å². The summed E-state index contributed by atoms with van der Waals surface area (Å²) in [6.45, 7) is 8.99. The van der Waals surface area contributed by atoms with Crippen LogP contribution in [-0.2, 0) is 0 Å². The molecule has 0 unspecified atom stereocenters. The van der Waals surface area contributed by atoms with Crippen LogP contribution in [0.25, 0.3) is 27.7 Å². The van der Waals surface area contributed by atoms with Gasteiger partial charge in [-0.05, 0) is 68.4 Å². The quantitative estimate of drug-likeness (QED) is 0.455. The highest BCUT2D eigenvalue weighted by atomic mass is 35.5. The first-order valence-corrected chi connectivity index (χ1v) is 10.9. The van der Waals surface area contributed by atoms with Gasteiger partial charge < -0.3 is 9.47 Å². The van der Waals surface area contributed by atoms with E-state index in [-0.39, 0.29) is 29.4 Å². The van der Waals surface area contributed by atoms with E-state index in [1.807, 2.05) is 44.4 Å². The van der Waals surface area contributed by atoms with Gasteiger partial charge in [-0.3, -0.25) is 4.79 Å². The van der Waals surface area contributed by atoms with Gasteiger partial charge in [-0.25, -0.2) is 13.9 Å². The molecule has 1 aromatic carbocycles. The Morgan fingerprint density at radius 1 is 1.16 bits per heavy atom. The van der Waals surface area contributed by atoms with E-state index in [4.69, 9.17) is 0 Å². The van der Waals surface area contributed by atoms with E-state index < -0.39 is 5.82 Å². The van der Waals surface area contributed by atoms with Gasteiger partial charge in [-0.2, -0.15) is 5.10 Å². The predicted molar refractivity (Wildman–Crippen MR) is 127 cm³/mol. The zero-order valence-corrected chi connectivity index (χ0v) is 19.3. The summed E-state index contributed by atoms with van der Waals surface area (Å²) >= 11 is 0. The van der Waals surface area contributed by atoms with Crippen LogP contribution in [0.1, 0.15) is 37.1 Å². The number of hydrogen-bond donors (Lipinski definition) is 0. The van der Waals surface area contributed by atoms with Crippen molar-refractivity contribution in [2.24, 2.45) is 0 Å². The lowest BCUT2D eigenvalue weighted by Gasteiger charge is -2.32. The van der Waals surface area contributed by atoms with Crippen LogP contribution in [0.15, 0.2) is 41.5 Å². The predicted octanol–water partition coefficient (Wildman–Crippen LogP) is 4.55. The number of aryl methyl sites for hydroxylation is 2. The molecule has 32 heavy (non-hydrogen) atoms. The zero-order chi connectivity index (χ0) is 21.7. The largest absolute Gasteiger partial charge is 0.312 e. The highest BCUT2D eigenvalue weighted by molar-refractivity contribution is 5.87. The molecular formula is C24H27ClFN5O. The van der Waals surface area contributed by atoms with Gasteiger partial charge in [0.1, 0.15) is 5.82 Å². The third kappa shape index (κ3) is 3.80. The van der Waals surface area contributed by atoms with Crippen molar-refractivity contribution in [1.29, 1.82) is 0 Å². The molecule has 4 aromatic rings.